The minimum atomic E-state index is -1.38. The fourth-order valence-corrected chi connectivity index (χ4v) is 5.43. The number of rotatable bonds is 18. The first kappa shape index (κ1) is 37.3. The predicted octanol–water partition coefficient (Wildman–Crippen LogP) is 3.96. The minimum absolute atomic E-state index is 0.0627. The molecule has 0 aromatic heterocycles. The minimum Gasteiger partial charge on any atom is -0.494 e. The van der Waals surface area contributed by atoms with Crippen LogP contribution in [0.5, 0.6) is 11.5 Å². The van der Waals surface area contributed by atoms with Gasteiger partial charge in [-0.2, -0.15) is 0 Å². The van der Waals surface area contributed by atoms with E-state index in [9.17, 15) is 33.5 Å². The summed E-state index contributed by atoms with van der Waals surface area (Å²) in [6.07, 6.45) is -1.80. The van der Waals surface area contributed by atoms with E-state index in [0.717, 1.165) is 11.8 Å². The third-order valence-corrected chi connectivity index (χ3v) is 7.77. The molecule has 2 rings (SSSR count). The maximum atomic E-state index is 14.1. The number of carboxylic acid groups (broad SMARTS) is 1. The van der Waals surface area contributed by atoms with Gasteiger partial charge in [0.1, 0.15) is 23.4 Å². The fourth-order valence-electron chi connectivity index (χ4n) is 4.12. The van der Waals surface area contributed by atoms with E-state index in [-0.39, 0.29) is 28.5 Å². The van der Waals surface area contributed by atoms with Crippen LogP contribution in [-0.2, 0) is 40.9 Å². The maximum Gasteiger partial charge on any atom is 0.346 e. The van der Waals surface area contributed by atoms with Crippen molar-refractivity contribution in [3.8, 4) is 11.5 Å². The van der Waals surface area contributed by atoms with Crippen molar-refractivity contribution in [2.75, 3.05) is 19.5 Å². The summed E-state index contributed by atoms with van der Waals surface area (Å²) in [5, 5.41) is 14.7. The molecule has 0 saturated heterocycles. The Labute approximate surface area is 270 Å². The summed E-state index contributed by atoms with van der Waals surface area (Å²) in [5.41, 5.74) is 0.638. The molecule has 11 nitrogen and oxygen atoms in total. The largest absolute Gasteiger partial charge is 0.494 e. The molecule has 2 amide bonds. The van der Waals surface area contributed by atoms with E-state index >= 15 is 0 Å². The smallest absolute Gasteiger partial charge is 0.346 e. The fraction of sp³-hybridized carbons (Fsp3) is 0.452. The van der Waals surface area contributed by atoms with Gasteiger partial charge in [0.2, 0.25) is 11.8 Å². The molecule has 0 bridgehead atoms. The Kier molecular flexibility index (Phi) is 15.1. The number of ketones is 1. The first-order valence-corrected chi connectivity index (χ1v) is 15.7. The SMILES string of the molecule is CCOc1ccc(O[C@H](C)C(=O)OC)cc1CC(=O)N[C@H](C(=O)N[C@@H](CC(=O)O)C(=O)CSCc1c(F)cccc1Cl)C(C)C. The highest BCUT2D eigenvalue weighted by molar-refractivity contribution is 7.99. The van der Waals surface area contributed by atoms with Gasteiger partial charge in [0.05, 0.1) is 38.4 Å². The Morgan fingerprint density at radius 1 is 1.07 bits per heavy atom. The molecule has 0 saturated carbocycles. The topological polar surface area (TPSA) is 157 Å². The molecule has 2 aromatic carbocycles. The van der Waals surface area contributed by atoms with E-state index in [1.807, 2.05) is 0 Å². The standard InChI is InChI=1S/C31H38ClFN2O9S/c1-6-43-26-11-10-20(44-18(4)31(41)42-5)12-19(26)13-27(37)35-29(17(2)3)30(40)34-24(14-28(38)39)25(36)16-45-15-21-22(32)8-7-9-23(21)33/h7-12,17-18,24,29H,6,13-16H2,1-5H3,(H,34,40)(H,35,37)(H,38,39)/t18-,24+,29+/m1/s1. The lowest BCUT2D eigenvalue weighted by Gasteiger charge is -2.25. The summed E-state index contributed by atoms with van der Waals surface area (Å²) < 4.78 is 30.0. The van der Waals surface area contributed by atoms with Crippen molar-refractivity contribution >= 4 is 52.9 Å². The Balaban J connectivity index is 2.13. The second kappa shape index (κ2) is 18.2. The first-order valence-electron chi connectivity index (χ1n) is 14.1. The highest BCUT2D eigenvalue weighted by Gasteiger charge is 2.30. The van der Waals surface area contributed by atoms with Crippen molar-refractivity contribution in [1.29, 1.82) is 0 Å². The molecule has 2 aromatic rings. The van der Waals surface area contributed by atoms with Gasteiger partial charge in [-0.15, -0.1) is 11.8 Å². The van der Waals surface area contributed by atoms with Crippen LogP contribution in [0.25, 0.3) is 0 Å². The van der Waals surface area contributed by atoms with Crippen LogP contribution >= 0.6 is 23.4 Å². The summed E-state index contributed by atoms with van der Waals surface area (Å²) in [6.45, 7) is 6.96. The third-order valence-electron chi connectivity index (χ3n) is 6.43. The van der Waals surface area contributed by atoms with Gasteiger partial charge in [-0.25, -0.2) is 9.18 Å². The number of carbonyl (C=O) groups is 5. The molecule has 3 N–H and O–H groups in total. The Hall–Kier alpha value is -3.84. The van der Waals surface area contributed by atoms with Crippen LogP contribution in [0, 0.1) is 11.7 Å². The molecule has 0 spiro atoms. The lowest BCUT2D eigenvalue weighted by molar-refractivity contribution is -0.148. The molecular weight excluding hydrogens is 631 g/mol. The van der Waals surface area contributed by atoms with E-state index in [0.29, 0.717) is 23.7 Å². The van der Waals surface area contributed by atoms with Crippen LogP contribution in [-0.4, -0.2) is 72.3 Å². The number of Topliss-reactive ketones (excluding diaryl/α,β-unsaturated/α-hetero) is 1. The third kappa shape index (κ3) is 11.9. The van der Waals surface area contributed by atoms with Crippen molar-refractivity contribution in [3.05, 3.63) is 58.4 Å². The number of halogens is 2. The lowest BCUT2D eigenvalue weighted by atomic mass is 10.0. The highest BCUT2D eigenvalue weighted by atomic mass is 35.5. The zero-order valence-electron chi connectivity index (χ0n) is 25.7. The number of methoxy groups -OCH3 is 1. The number of carbonyl (C=O) groups excluding carboxylic acids is 4. The van der Waals surface area contributed by atoms with E-state index in [4.69, 9.17) is 21.1 Å². The van der Waals surface area contributed by atoms with Gasteiger partial charge < -0.3 is 30.0 Å². The van der Waals surface area contributed by atoms with Crippen molar-refractivity contribution in [1.82, 2.24) is 10.6 Å². The van der Waals surface area contributed by atoms with Crippen LogP contribution in [0.3, 0.4) is 0 Å². The Bertz CT molecular complexity index is 1350. The Morgan fingerprint density at radius 2 is 1.78 bits per heavy atom. The van der Waals surface area contributed by atoms with Gasteiger partial charge >= 0.3 is 11.9 Å². The van der Waals surface area contributed by atoms with E-state index in [1.54, 1.807) is 39.0 Å². The van der Waals surface area contributed by atoms with Crippen molar-refractivity contribution < 1.29 is 47.7 Å². The molecule has 0 aliphatic heterocycles. The number of hydrogen-bond acceptors (Lipinski definition) is 9. The number of hydrogen-bond donors (Lipinski definition) is 3. The zero-order chi connectivity index (χ0) is 33.7. The first-order chi connectivity index (χ1) is 21.3. The van der Waals surface area contributed by atoms with Crippen LogP contribution in [0.15, 0.2) is 36.4 Å². The number of amides is 2. The molecule has 0 aliphatic rings. The summed E-state index contributed by atoms with van der Waals surface area (Å²) >= 11 is 7.06. The molecule has 246 valence electrons. The van der Waals surface area contributed by atoms with Gasteiger partial charge in [0, 0.05) is 21.9 Å². The van der Waals surface area contributed by atoms with Gasteiger partial charge in [-0.05, 0) is 50.1 Å². The quantitative estimate of drug-likeness (QED) is 0.199. The molecular formula is C31H38ClFN2O9S. The number of aliphatic carboxylic acids is 1. The van der Waals surface area contributed by atoms with E-state index in [2.05, 4.69) is 15.4 Å². The second-order valence-corrected chi connectivity index (χ2v) is 11.7. The van der Waals surface area contributed by atoms with Gasteiger partial charge in [0.25, 0.3) is 0 Å². The molecule has 3 atom stereocenters. The second-order valence-electron chi connectivity index (χ2n) is 10.3. The lowest BCUT2D eigenvalue weighted by Crippen LogP contribution is -2.54. The van der Waals surface area contributed by atoms with Gasteiger partial charge in [0.15, 0.2) is 11.9 Å². The number of nitrogens with one attached hydrogen (secondary N) is 2. The summed E-state index contributed by atoms with van der Waals surface area (Å²) in [7, 11) is 1.24. The van der Waals surface area contributed by atoms with E-state index < -0.39 is 65.9 Å². The molecule has 45 heavy (non-hydrogen) atoms. The molecule has 0 unspecified atom stereocenters. The summed E-state index contributed by atoms with van der Waals surface area (Å²) in [5.74, 6) is -4.20. The van der Waals surface area contributed by atoms with E-state index in [1.165, 1.54) is 32.2 Å². The number of carboxylic acids is 1. The predicted molar refractivity (Wildman–Crippen MR) is 167 cm³/mol. The van der Waals surface area contributed by atoms with Crippen molar-refractivity contribution in [2.45, 2.75) is 64.5 Å². The van der Waals surface area contributed by atoms with Gasteiger partial charge in [-0.3, -0.25) is 19.2 Å². The van der Waals surface area contributed by atoms with Gasteiger partial charge in [-0.1, -0.05) is 31.5 Å². The Morgan fingerprint density at radius 3 is 2.38 bits per heavy atom. The molecule has 0 aliphatic carbocycles. The number of benzene rings is 2. The number of thioether (sulfide) groups is 1. The summed E-state index contributed by atoms with van der Waals surface area (Å²) in [6, 6.07) is 6.44. The van der Waals surface area contributed by atoms with Crippen LogP contribution in [0.1, 0.15) is 45.2 Å². The van der Waals surface area contributed by atoms with Crippen LogP contribution < -0.4 is 20.1 Å². The van der Waals surface area contributed by atoms with Crippen LogP contribution in [0.4, 0.5) is 4.39 Å². The maximum absolute atomic E-state index is 14.1. The van der Waals surface area contributed by atoms with Crippen molar-refractivity contribution in [3.63, 3.8) is 0 Å². The van der Waals surface area contributed by atoms with Crippen LogP contribution in [0.2, 0.25) is 5.02 Å². The molecule has 14 heteroatoms. The number of esters is 1. The zero-order valence-corrected chi connectivity index (χ0v) is 27.3. The average Bonchev–Trinajstić information content (AvgIpc) is 2.97. The normalized spacial score (nSPS) is 12.9. The molecule has 0 radical (unpaired) electrons. The van der Waals surface area contributed by atoms with Crippen molar-refractivity contribution in [2.24, 2.45) is 5.92 Å². The number of ether oxygens (including phenoxy) is 3. The summed E-state index contributed by atoms with van der Waals surface area (Å²) in [4.78, 5) is 62.6. The molecule has 0 heterocycles. The average molecular weight is 669 g/mol. The monoisotopic (exact) mass is 668 g/mol. The molecule has 0 fully saturated rings. The highest BCUT2D eigenvalue weighted by Crippen LogP contribution is 2.27.